The first-order valence-electron chi connectivity index (χ1n) is 10.1. The van der Waals surface area contributed by atoms with Crippen molar-refractivity contribution in [2.24, 2.45) is 0 Å². The first-order chi connectivity index (χ1) is 12.4. The van der Waals surface area contributed by atoms with Gasteiger partial charge in [-0.15, -0.1) is 0 Å². The summed E-state index contributed by atoms with van der Waals surface area (Å²) < 4.78 is 5.52. The molecule has 3 aliphatic rings. The Labute approximate surface area is 156 Å². The lowest BCUT2D eigenvalue weighted by molar-refractivity contribution is -0.137. The summed E-state index contributed by atoms with van der Waals surface area (Å²) in [5, 5.41) is 6.07. The molecule has 2 aliphatic heterocycles. The van der Waals surface area contributed by atoms with Crippen molar-refractivity contribution < 1.29 is 14.3 Å². The highest BCUT2D eigenvalue weighted by atomic mass is 16.5. The molecule has 148 valence electrons. The summed E-state index contributed by atoms with van der Waals surface area (Å²) in [5.41, 5.74) is -0.561. The molecule has 0 aromatic rings. The predicted molar refractivity (Wildman–Crippen MR) is 99.9 cm³/mol. The van der Waals surface area contributed by atoms with Crippen LogP contribution in [0, 0.1) is 0 Å². The van der Waals surface area contributed by atoms with Crippen LogP contribution in [0.15, 0.2) is 0 Å². The van der Waals surface area contributed by atoms with Gasteiger partial charge in [0.05, 0.1) is 25.3 Å². The van der Waals surface area contributed by atoms with Crippen molar-refractivity contribution in [1.29, 1.82) is 0 Å². The number of amides is 2. The van der Waals surface area contributed by atoms with Crippen LogP contribution in [0.4, 0.5) is 0 Å². The lowest BCUT2D eigenvalue weighted by atomic mass is 9.79. The maximum Gasteiger partial charge on any atom is 0.240 e. The summed E-state index contributed by atoms with van der Waals surface area (Å²) in [6.45, 7) is 9.53. The second-order valence-corrected chi connectivity index (χ2v) is 8.40. The average molecular weight is 367 g/mol. The standard InChI is InChI=1S/C19H34N4O3/c1-18(2)17(25)20-8-9-23(18)14-16(24)21-15-19(6-4-3-5-7-19)22-10-12-26-13-11-22/h3-15H2,1-2H3,(H,20,25)(H,21,24). The monoisotopic (exact) mass is 366 g/mol. The number of carbonyl (C=O) groups is 2. The number of carbonyl (C=O) groups excluding carboxylic acids is 2. The Kier molecular flexibility index (Phi) is 6.20. The van der Waals surface area contributed by atoms with Crippen molar-refractivity contribution in [2.45, 2.75) is 57.0 Å². The Morgan fingerprint density at radius 1 is 1.15 bits per heavy atom. The molecule has 3 rings (SSSR count). The maximum atomic E-state index is 12.6. The van der Waals surface area contributed by atoms with Gasteiger partial charge in [-0.1, -0.05) is 19.3 Å². The van der Waals surface area contributed by atoms with Crippen molar-refractivity contribution in [3.63, 3.8) is 0 Å². The molecular weight excluding hydrogens is 332 g/mol. The topological polar surface area (TPSA) is 73.9 Å². The summed E-state index contributed by atoms with van der Waals surface area (Å²) in [6, 6.07) is 0. The van der Waals surface area contributed by atoms with Crippen LogP contribution in [0.3, 0.4) is 0 Å². The third kappa shape index (κ3) is 4.21. The summed E-state index contributed by atoms with van der Waals surface area (Å²) in [5.74, 6) is 0.0135. The van der Waals surface area contributed by atoms with Crippen LogP contribution < -0.4 is 10.6 Å². The van der Waals surface area contributed by atoms with Gasteiger partial charge in [-0.25, -0.2) is 0 Å². The van der Waals surface area contributed by atoms with Crippen molar-refractivity contribution in [3.05, 3.63) is 0 Å². The molecule has 0 aromatic heterocycles. The number of hydrogen-bond donors (Lipinski definition) is 2. The minimum Gasteiger partial charge on any atom is -0.379 e. The Morgan fingerprint density at radius 2 is 1.85 bits per heavy atom. The van der Waals surface area contributed by atoms with E-state index < -0.39 is 5.54 Å². The molecule has 2 N–H and O–H groups in total. The number of hydrogen-bond acceptors (Lipinski definition) is 5. The Bertz CT molecular complexity index is 511. The van der Waals surface area contributed by atoms with E-state index in [2.05, 4.69) is 15.5 Å². The highest BCUT2D eigenvalue weighted by Crippen LogP contribution is 2.33. The van der Waals surface area contributed by atoms with E-state index in [9.17, 15) is 9.59 Å². The van der Waals surface area contributed by atoms with Gasteiger partial charge >= 0.3 is 0 Å². The maximum absolute atomic E-state index is 12.6. The largest absolute Gasteiger partial charge is 0.379 e. The van der Waals surface area contributed by atoms with E-state index in [1.807, 2.05) is 18.7 Å². The number of ether oxygens (including phenoxy) is 1. The van der Waals surface area contributed by atoms with Gasteiger partial charge in [0.2, 0.25) is 11.8 Å². The zero-order valence-electron chi connectivity index (χ0n) is 16.3. The van der Waals surface area contributed by atoms with Crippen LogP contribution in [0.1, 0.15) is 46.0 Å². The molecule has 26 heavy (non-hydrogen) atoms. The normalized spacial score (nSPS) is 26.9. The number of nitrogens with zero attached hydrogens (tertiary/aromatic N) is 2. The highest BCUT2D eigenvalue weighted by molar-refractivity contribution is 5.87. The smallest absolute Gasteiger partial charge is 0.240 e. The third-order valence-electron chi connectivity index (χ3n) is 6.43. The molecule has 0 aromatic carbocycles. The molecule has 3 fully saturated rings. The molecular formula is C19H34N4O3. The Hall–Kier alpha value is -1.18. The molecule has 7 heteroatoms. The average Bonchev–Trinajstić information content (AvgIpc) is 2.66. The zero-order chi connectivity index (χ0) is 18.6. The lowest BCUT2D eigenvalue weighted by Gasteiger charge is -2.48. The van der Waals surface area contributed by atoms with Crippen LogP contribution in [0.25, 0.3) is 0 Å². The van der Waals surface area contributed by atoms with Crippen molar-refractivity contribution in [1.82, 2.24) is 20.4 Å². The summed E-state index contributed by atoms with van der Waals surface area (Å²) >= 11 is 0. The SMILES string of the molecule is CC1(C)C(=O)NCCN1CC(=O)NCC1(N2CCOCC2)CCCCC1. The molecule has 2 heterocycles. The van der Waals surface area contributed by atoms with Crippen molar-refractivity contribution >= 4 is 11.8 Å². The number of piperazine rings is 1. The fourth-order valence-corrected chi connectivity index (χ4v) is 4.57. The van der Waals surface area contributed by atoms with Gasteiger partial charge in [0.25, 0.3) is 0 Å². The molecule has 1 saturated carbocycles. The third-order valence-corrected chi connectivity index (χ3v) is 6.43. The van der Waals surface area contributed by atoms with Gasteiger partial charge < -0.3 is 15.4 Å². The molecule has 2 saturated heterocycles. The predicted octanol–water partition coefficient (Wildman–Crippen LogP) is 0.348. The Morgan fingerprint density at radius 3 is 2.54 bits per heavy atom. The lowest BCUT2D eigenvalue weighted by Crippen LogP contribution is -2.64. The summed E-state index contributed by atoms with van der Waals surface area (Å²) in [6.07, 6.45) is 6.03. The van der Waals surface area contributed by atoms with E-state index in [1.54, 1.807) is 0 Å². The molecule has 2 amide bonds. The van der Waals surface area contributed by atoms with Crippen LogP contribution in [-0.2, 0) is 14.3 Å². The van der Waals surface area contributed by atoms with E-state index in [0.717, 1.165) is 39.1 Å². The zero-order valence-corrected chi connectivity index (χ0v) is 16.3. The Balaban J connectivity index is 1.58. The molecule has 1 aliphatic carbocycles. The molecule has 0 spiro atoms. The fourth-order valence-electron chi connectivity index (χ4n) is 4.57. The second-order valence-electron chi connectivity index (χ2n) is 8.40. The fraction of sp³-hybridized carbons (Fsp3) is 0.895. The number of nitrogens with one attached hydrogen (secondary N) is 2. The van der Waals surface area contributed by atoms with Gasteiger partial charge in [0.1, 0.15) is 0 Å². The highest BCUT2D eigenvalue weighted by Gasteiger charge is 2.40. The first kappa shape index (κ1) is 19.6. The van der Waals surface area contributed by atoms with Crippen LogP contribution >= 0.6 is 0 Å². The van der Waals surface area contributed by atoms with E-state index in [1.165, 1.54) is 19.3 Å². The molecule has 0 unspecified atom stereocenters. The van der Waals surface area contributed by atoms with Crippen LogP contribution in [0.5, 0.6) is 0 Å². The van der Waals surface area contributed by atoms with Gasteiger partial charge in [0, 0.05) is 38.3 Å². The van der Waals surface area contributed by atoms with E-state index >= 15 is 0 Å². The molecule has 7 nitrogen and oxygen atoms in total. The second kappa shape index (κ2) is 8.23. The first-order valence-corrected chi connectivity index (χ1v) is 10.1. The van der Waals surface area contributed by atoms with Gasteiger partial charge in [0.15, 0.2) is 0 Å². The van der Waals surface area contributed by atoms with Gasteiger partial charge in [-0.05, 0) is 26.7 Å². The summed E-state index contributed by atoms with van der Waals surface area (Å²) in [7, 11) is 0. The van der Waals surface area contributed by atoms with Crippen molar-refractivity contribution in [2.75, 3.05) is 52.5 Å². The molecule has 0 radical (unpaired) electrons. The summed E-state index contributed by atoms with van der Waals surface area (Å²) in [4.78, 5) is 29.2. The minimum atomic E-state index is -0.637. The van der Waals surface area contributed by atoms with E-state index in [-0.39, 0.29) is 23.9 Å². The van der Waals surface area contributed by atoms with Gasteiger partial charge in [-0.2, -0.15) is 0 Å². The van der Waals surface area contributed by atoms with Crippen LogP contribution in [-0.4, -0.2) is 85.2 Å². The number of rotatable bonds is 5. The minimum absolute atomic E-state index is 0.00591. The van der Waals surface area contributed by atoms with E-state index in [0.29, 0.717) is 19.6 Å². The quantitative estimate of drug-likeness (QED) is 0.734. The van der Waals surface area contributed by atoms with E-state index in [4.69, 9.17) is 4.74 Å². The molecule has 0 bridgehead atoms. The van der Waals surface area contributed by atoms with Crippen molar-refractivity contribution in [3.8, 4) is 0 Å². The van der Waals surface area contributed by atoms with Gasteiger partial charge in [-0.3, -0.25) is 19.4 Å². The molecule has 0 atom stereocenters. The van der Waals surface area contributed by atoms with Crippen LogP contribution in [0.2, 0.25) is 0 Å². The number of morpholine rings is 1.